The molecule has 2 atom stereocenters. The average Bonchev–Trinajstić information content (AvgIpc) is 2.71. The molecule has 0 radical (unpaired) electrons. The van der Waals surface area contributed by atoms with E-state index in [-0.39, 0.29) is 11.9 Å². The summed E-state index contributed by atoms with van der Waals surface area (Å²) >= 11 is 0. The molecule has 6 nitrogen and oxygen atoms in total. The summed E-state index contributed by atoms with van der Waals surface area (Å²) in [5, 5.41) is 9.07. The molecule has 1 N–H and O–H groups in total. The number of urea groups is 1. The van der Waals surface area contributed by atoms with Crippen LogP contribution >= 0.6 is 0 Å². The molecule has 0 bridgehead atoms. The fraction of sp³-hybridized carbons (Fsp3) is 0.833. The van der Waals surface area contributed by atoms with Crippen LogP contribution in [-0.2, 0) is 4.79 Å². The third-order valence-corrected chi connectivity index (χ3v) is 3.97. The van der Waals surface area contributed by atoms with Crippen LogP contribution in [0.2, 0.25) is 0 Å². The van der Waals surface area contributed by atoms with E-state index in [0.29, 0.717) is 13.1 Å². The maximum atomic E-state index is 12.3. The van der Waals surface area contributed by atoms with Crippen molar-refractivity contribution in [2.45, 2.75) is 6.92 Å². The van der Waals surface area contributed by atoms with E-state index in [0.717, 1.165) is 26.2 Å². The molecule has 0 aromatic rings. The predicted octanol–water partition coefficient (Wildman–Crippen LogP) is 0.00630. The van der Waals surface area contributed by atoms with Gasteiger partial charge in [0.15, 0.2) is 0 Å². The van der Waals surface area contributed by atoms with Crippen LogP contribution in [0.15, 0.2) is 0 Å². The van der Waals surface area contributed by atoms with E-state index in [1.165, 1.54) is 0 Å². The van der Waals surface area contributed by atoms with Crippen molar-refractivity contribution in [1.29, 1.82) is 0 Å². The first-order valence-corrected chi connectivity index (χ1v) is 6.44. The fourth-order valence-electron chi connectivity index (χ4n) is 2.64. The summed E-state index contributed by atoms with van der Waals surface area (Å²) in [7, 11) is 2.04. The van der Waals surface area contributed by atoms with Gasteiger partial charge < -0.3 is 19.8 Å². The number of amides is 2. The number of aliphatic carboxylic acids is 1. The summed E-state index contributed by atoms with van der Waals surface area (Å²) in [6.45, 7) is 6.05. The molecule has 0 spiro atoms. The number of likely N-dealkylation sites (N-methyl/N-ethyl adjacent to an activating group) is 1. The summed E-state index contributed by atoms with van der Waals surface area (Å²) in [4.78, 5) is 29.0. The number of carboxylic acids is 1. The highest BCUT2D eigenvalue weighted by Gasteiger charge is 2.38. The number of likely N-dealkylation sites (tertiary alicyclic amines) is 1. The molecule has 18 heavy (non-hydrogen) atoms. The smallest absolute Gasteiger partial charge is 0.320 e. The Hall–Kier alpha value is -1.30. The lowest BCUT2D eigenvalue weighted by molar-refractivity contribution is -0.142. The normalized spacial score (nSPS) is 29.7. The highest BCUT2D eigenvalue weighted by Crippen LogP contribution is 2.24. The number of rotatable bonds is 1. The molecule has 0 aliphatic carbocycles. The van der Waals surface area contributed by atoms with Crippen molar-refractivity contribution in [3.8, 4) is 0 Å². The Morgan fingerprint density at radius 3 is 2.17 bits per heavy atom. The molecule has 6 heteroatoms. The van der Waals surface area contributed by atoms with Crippen LogP contribution in [0.5, 0.6) is 0 Å². The number of piperazine rings is 1. The van der Waals surface area contributed by atoms with Gasteiger partial charge in [0.1, 0.15) is 0 Å². The third-order valence-electron chi connectivity index (χ3n) is 3.97. The van der Waals surface area contributed by atoms with Crippen molar-refractivity contribution >= 4 is 12.0 Å². The van der Waals surface area contributed by atoms with E-state index >= 15 is 0 Å². The SMILES string of the molecule is CC1CN(C(=O)N2CCN(C)CC2)CC1C(=O)O. The van der Waals surface area contributed by atoms with Gasteiger partial charge in [-0.1, -0.05) is 6.92 Å². The van der Waals surface area contributed by atoms with E-state index in [1.807, 2.05) is 18.9 Å². The van der Waals surface area contributed by atoms with E-state index in [2.05, 4.69) is 4.90 Å². The zero-order valence-corrected chi connectivity index (χ0v) is 11.0. The van der Waals surface area contributed by atoms with Crippen LogP contribution in [0.1, 0.15) is 6.92 Å². The van der Waals surface area contributed by atoms with Crippen LogP contribution < -0.4 is 0 Å². The molecule has 2 aliphatic rings. The molecule has 2 aliphatic heterocycles. The lowest BCUT2D eigenvalue weighted by Crippen LogP contribution is -2.51. The van der Waals surface area contributed by atoms with Gasteiger partial charge in [0.2, 0.25) is 0 Å². The van der Waals surface area contributed by atoms with Gasteiger partial charge in [-0.15, -0.1) is 0 Å². The molecular formula is C12H21N3O3. The van der Waals surface area contributed by atoms with Crippen molar-refractivity contribution in [3.05, 3.63) is 0 Å². The van der Waals surface area contributed by atoms with Gasteiger partial charge in [0, 0.05) is 39.3 Å². The summed E-state index contributed by atoms with van der Waals surface area (Å²) in [5.41, 5.74) is 0. The van der Waals surface area contributed by atoms with Crippen molar-refractivity contribution in [3.63, 3.8) is 0 Å². The molecule has 2 fully saturated rings. The Bertz CT molecular complexity index is 339. The van der Waals surface area contributed by atoms with Gasteiger partial charge in [-0.3, -0.25) is 4.79 Å². The minimum atomic E-state index is -0.795. The zero-order chi connectivity index (χ0) is 13.3. The van der Waals surface area contributed by atoms with Crippen molar-refractivity contribution in [2.24, 2.45) is 11.8 Å². The van der Waals surface area contributed by atoms with Gasteiger partial charge in [-0.25, -0.2) is 4.79 Å². The van der Waals surface area contributed by atoms with Gasteiger partial charge in [-0.05, 0) is 13.0 Å². The van der Waals surface area contributed by atoms with Crippen LogP contribution in [-0.4, -0.2) is 78.1 Å². The standard InChI is InChI=1S/C12H21N3O3/c1-9-7-15(8-10(9)11(16)17)12(18)14-5-3-13(2)4-6-14/h9-10H,3-8H2,1-2H3,(H,16,17). The Kier molecular flexibility index (Phi) is 3.75. The molecule has 0 saturated carbocycles. The van der Waals surface area contributed by atoms with E-state index in [1.54, 1.807) is 4.90 Å². The molecule has 2 rings (SSSR count). The van der Waals surface area contributed by atoms with Gasteiger partial charge in [0.25, 0.3) is 0 Å². The maximum absolute atomic E-state index is 12.3. The predicted molar refractivity (Wildman–Crippen MR) is 66.3 cm³/mol. The van der Waals surface area contributed by atoms with Crippen molar-refractivity contribution < 1.29 is 14.7 Å². The number of hydrogen-bond acceptors (Lipinski definition) is 3. The van der Waals surface area contributed by atoms with E-state index < -0.39 is 11.9 Å². The van der Waals surface area contributed by atoms with Crippen LogP contribution in [0.25, 0.3) is 0 Å². The average molecular weight is 255 g/mol. The van der Waals surface area contributed by atoms with Crippen molar-refractivity contribution in [1.82, 2.24) is 14.7 Å². The maximum Gasteiger partial charge on any atom is 0.320 e. The second-order valence-corrected chi connectivity index (χ2v) is 5.40. The molecule has 2 heterocycles. The minimum absolute atomic E-state index is 0.00120. The number of carbonyl (C=O) groups excluding carboxylic acids is 1. The first-order valence-electron chi connectivity index (χ1n) is 6.44. The first-order chi connectivity index (χ1) is 8.49. The number of nitrogens with zero attached hydrogens (tertiary/aromatic N) is 3. The summed E-state index contributed by atoms with van der Waals surface area (Å²) < 4.78 is 0. The minimum Gasteiger partial charge on any atom is -0.481 e. The molecule has 2 amide bonds. The highest BCUT2D eigenvalue weighted by molar-refractivity contribution is 5.77. The van der Waals surface area contributed by atoms with E-state index in [9.17, 15) is 9.59 Å². The molecule has 102 valence electrons. The highest BCUT2D eigenvalue weighted by atomic mass is 16.4. The molecule has 2 unspecified atom stereocenters. The van der Waals surface area contributed by atoms with Crippen LogP contribution in [0.3, 0.4) is 0 Å². The molecule has 0 aromatic heterocycles. The number of hydrogen-bond donors (Lipinski definition) is 1. The summed E-state index contributed by atoms with van der Waals surface area (Å²) in [6, 6.07) is -0.00120. The quantitative estimate of drug-likeness (QED) is 0.716. The monoisotopic (exact) mass is 255 g/mol. The molecule has 2 saturated heterocycles. The second-order valence-electron chi connectivity index (χ2n) is 5.40. The zero-order valence-electron chi connectivity index (χ0n) is 11.0. The molecular weight excluding hydrogens is 234 g/mol. The summed E-state index contributed by atoms with van der Waals surface area (Å²) in [5.74, 6) is -1.17. The van der Waals surface area contributed by atoms with Crippen molar-refractivity contribution in [2.75, 3.05) is 46.3 Å². The Balaban J connectivity index is 1.92. The van der Waals surface area contributed by atoms with Crippen LogP contribution in [0, 0.1) is 11.8 Å². The fourth-order valence-corrected chi connectivity index (χ4v) is 2.64. The Morgan fingerprint density at radius 1 is 1.06 bits per heavy atom. The number of carbonyl (C=O) groups is 2. The Labute approximate surface area is 107 Å². The lowest BCUT2D eigenvalue weighted by atomic mass is 9.99. The van der Waals surface area contributed by atoms with Gasteiger partial charge in [0.05, 0.1) is 5.92 Å². The lowest BCUT2D eigenvalue weighted by Gasteiger charge is -2.34. The Morgan fingerprint density at radius 2 is 1.67 bits per heavy atom. The first kappa shape index (κ1) is 13.1. The second kappa shape index (κ2) is 5.14. The molecule has 0 aromatic carbocycles. The number of carboxylic acid groups (broad SMARTS) is 1. The summed E-state index contributed by atoms with van der Waals surface area (Å²) in [6.07, 6.45) is 0. The van der Waals surface area contributed by atoms with Crippen LogP contribution in [0.4, 0.5) is 4.79 Å². The van der Waals surface area contributed by atoms with E-state index in [4.69, 9.17) is 5.11 Å². The topological polar surface area (TPSA) is 64.1 Å². The van der Waals surface area contributed by atoms with Gasteiger partial charge >= 0.3 is 12.0 Å². The van der Waals surface area contributed by atoms with Gasteiger partial charge in [-0.2, -0.15) is 0 Å². The third kappa shape index (κ3) is 2.58. The largest absolute Gasteiger partial charge is 0.481 e.